The first-order chi connectivity index (χ1) is 13.4. The monoisotopic (exact) mass is 402 g/mol. The van der Waals surface area contributed by atoms with E-state index in [1.165, 1.54) is 4.31 Å². The van der Waals surface area contributed by atoms with Crippen LogP contribution in [-0.2, 0) is 10.0 Å². The lowest BCUT2D eigenvalue weighted by atomic mass is 9.91. The fourth-order valence-corrected chi connectivity index (χ4v) is 6.37. The van der Waals surface area contributed by atoms with Gasteiger partial charge in [0, 0.05) is 37.3 Å². The summed E-state index contributed by atoms with van der Waals surface area (Å²) in [5, 5.41) is 0. The van der Waals surface area contributed by atoms with Crippen molar-refractivity contribution in [2.45, 2.75) is 39.0 Å². The number of likely N-dealkylation sites (tertiary alicyclic amines) is 1. The third-order valence-corrected chi connectivity index (χ3v) is 7.85. The van der Waals surface area contributed by atoms with Gasteiger partial charge in [0.15, 0.2) is 4.91 Å². The summed E-state index contributed by atoms with van der Waals surface area (Å²) in [4.78, 5) is 28.2. The van der Waals surface area contributed by atoms with Gasteiger partial charge in [-0.05, 0) is 38.0 Å². The van der Waals surface area contributed by atoms with E-state index in [2.05, 4.69) is 0 Å². The summed E-state index contributed by atoms with van der Waals surface area (Å²) in [5.41, 5.74) is 0.581. The first-order valence-electron chi connectivity index (χ1n) is 10.1. The van der Waals surface area contributed by atoms with Crippen molar-refractivity contribution in [3.63, 3.8) is 0 Å². The van der Waals surface area contributed by atoms with Crippen LogP contribution in [-0.4, -0.2) is 55.4 Å². The molecule has 6 nitrogen and oxygen atoms in total. The normalized spacial score (nSPS) is 24.5. The average Bonchev–Trinajstić information content (AvgIpc) is 2.71. The molecule has 0 radical (unpaired) electrons. The number of sulfonamides is 1. The lowest BCUT2D eigenvalue weighted by Gasteiger charge is -2.36. The van der Waals surface area contributed by atoms with Crippen molar-refractivity contribution in [1.29, 1.82) is 0 Å². The second-order valence-electron chi connectivity index (χ2n) is 8.04. The maximum atomic E-state index is 13.6. The highest BCUT2D eigenvalue weighted by Crippen LogP contribution is 2.35. The van der Waals surface area contributed by atoms with Crippen LogP contribution in [0, 0.1) is 5.92 Å². The van der Waals surface area contributed by atoms with Crippen LogP contribution in [0.3, 0.4) is 0 Å². The largest absolute Gasteiger partial charge is 0.367 e. The van der Waals surface area contributed by atoms with Crippen LogP contribution in [0.2, 0.25) is 0 Å². The Kier molecular flexibility index (Phi) is 5.14. The Balaban J connectivity index is 1.88. The first kappa shape index (κ1) is 19.3. The molecule has 2 saturated heterocycles. The molecule has 4 rings (SSSR count). The number of rotatable bonds is 3. The van der Waals surface area contributed by atoms with Gasteiger partial charge in [-0.15, -0.1) is 0 Å². The molecule has 0 amide bonds. The Morgan fingerprint density at radius 2 is 1.54 bits per heavy atom. The van der Waals surface area contributed by atoms with Crippen LogP contribution >= 0.6 is 0 Å². The van der Waals surface area contributed by atoms with Crippen LogP contribution in [0.25, 0.3) is 0 Å². The number of ketones is 2. The number of piperidine rings is 2. The Morgan fingerprint density at radius 1 is 0.893 bits per heavy atom. The number of fused-ring (bicyclic) bond motifs is 1. The highest BCUT2D eigenvalue weighted by atomic mass is 32.2. The Bertz CT molecular complexity index is 945. The molecule has 0 spiro atoms. The molecule has 2 heterocycles. The molecule has 0 N–H and O–H groups in total. The summed E-state index contributed by atoms with van der Waals surface area (Å²) < 4.78 is 28.5. The fourth-order valence-electron chi connectivity index (χ4n) is 4.48. The molecular formula is C21H26N2O4S. The highest BCUT2D eigenvalue weighted by molar-refractivity contribution is 7.94. The minimum absolute atomic E-state index is 0.0848. The molecule has 7 heteroatoms. The van der Waals surface area contributed by atoms with E-state index in [4.69, 9.17) is 0 Å². The molecule has 1 atom stereocenters. The molecule has 0 aromatic heterocycles. The Morgan fingerprint density at radius 3 is 2.18 bits per heavy atom. The number of benzene rings is 1. The summed E-state index contributed by atoms with van der Waals surface area (Å²) in [6.45, 7) is 4.01. The van der Waals surface area contributed by atoms with Gasteiger partial charge < -0.3 is 4.90 Å². The van der Waals surface area contributed by atoms with Crippen molar-refractivity contribution in [3.05, 3.63) is 46.0 Å². The van der Waals surface area contributed by atoms with E-state index >= 15 is 0 Å². The van der Waals surface area contributed by atoms with E-state index in [1.54, 1.807) is 24.3 Å². The third kappa shape index (κ3) is 3.20. The topological polar surface area (TPSA) is 74.8 Å². The summed E-state index contributed by atoms with van der Waals surface area (Å²) in [7, 11) is -4.04. The standard InChI is InChI=1S/C21H26N2O4S/c1-15-8-7-13-23(14-15)28(26,27)21-18(22-11-5-2-6-12-22)19(24)16-9-3-4-10-17(16)20(21)25/h3-4,9-10,15H,2,5-8,11-14H2,1H3. The van der Waals surface area contributed by atoms with Crippen molar-refractivity contribution < 1.29 is 18.0 Å². The van der Waals surface area contributed by atoms with E-state index in [1.807, 2.05) is 11.8 Å². The van der Waals surface area contributed by atoms with E-state index in [0.717, 1.165) is 32.1 Å². The lowest BCUT2D eigenvalue weighted by Crippen LogP contribution is -2.45. The molecule has 1 unspecified atom stereocenters. The van der Waals surface area contributed by atoms with Gasteiger partial charge in [-0.3, -0.25) is 9.59 Å². The zero-order valence-electron chi connectivity index (χ0n) is 16.2. The van der Waals surface area contributed by atoms with Crippen LogP contribution in [0.1, 0.15) is 59.7 Å². The van der Waals surface area contributed by atoms with Crippen LogP contribution in [0.15, 0.2) is 34.9 Å². The van der Waals surface area contributed by atoms with Crippen LogP contribution in [0.5, 0.6) is 0 Å². The van der Waals surface area contributed by atoms with E-state index in [9.17, 15) is 18.0 Å². The number of carbonyl (C=O) groups is 2. The van der Waals surface area contributed by atoms with E-state index in [-0.39, 0.29) is 27.9 Å². The summed E-state index contributed by atoms with van der Waals surface area (Å²) in [5.74, 6) is -0.654. The Hall–Kier alpha value is -1.99. The minimum atomic E-state index is -4.04. The molecule has 2 aliphatic heterocycles. The van der Waals surface area contributed by atoms with Gasteiger partial charge in [-0.25, -0.2) is 8.42 Å². The van der Waals surface area contributed by atoms with E-state index < -0.39 is 15.8 Å². The maximum absolute atomic E-state index is 13.6. The number of hydrogen-bond donors (Lipinski definition) is 0. The molecule has 28 heavy (non-hydrogen) atoms. The number of carbonyl (C=O) groups excluding carboxylic acids is 2. The molecule has 3 aliphatic rings. The van der Waals surface area contributed by atoms with Gasteiger partial charge >= 0.3 is 0 Å². The van der Waals surface area contributed by atoms with Crippen molar-refractivity contribution in [3.8, 4) is 0 Å². The molecule has 1 aromatic rings. The number of hydrogen-bond acceptors (Lipinski definition) is 5. The zero-order valence-corrected chi connectivity index (χ0v) is 17.0. The third-order valence-electron chi connectivity index (χ3n) is 5.94. The SMILES string of the molecule is CC1CCCN(S(=O)(=O)C2=C(N3CCCCC3)C(=O)c3ccccc3C2=O)C1. The molecule has 0 saturated carbocycles. The van der Waals surface area contributed by atoms with Gasteiger partial charge in [0.05, 0.1) is 0 Å². The lowest BCUT2D eigenvalue weighted by molar-refractivity contribution is 0.0938. The predicted molar refractivity (Wildman–Crippen MR) is 106 cm³/mol. The quantitative estimate of drug-likeness (QED) is 0.777. The van der Waals surface area contributed by atoms with Crippen molar-refractivity contribution in [2.75, 3.05) is 26.2 Å². The summed E-state index contributed by atoms with van der Waals surface area (Å²) in [6.07, 6.45) is 4.57. The molecule has 1 aliphatic carbocycles. The number of allylic oxidation sites excluding steroid dienone is 2. The number of Topliss-reactive ketones (excluding diaryl/α,β-unsaturated/α-hetero) is 2. The van der Waals surface area contributed by atoms with E-state index in [0.29, 0.717) is 31.7 Å². The van der Waals surface area contributed by atoms with Crippen molar-refractivity contribution in [1.82, 2.24) is 9.21 Å². The second-order valence-corrected chi connectivity index (χ2v) is 9.91. The smallest absolute Gasteiger partial charge is 0.249 e. The van der Waals surface area contributed by atoms with Gasteiger partial charge in [0.1, 0.15) is 5.70 Å². The first-order valence-corrected chi connectivity index (χ1v) is 11.5. The fraction of sp³-hybridized carbons (Fsp3) is 0.524. The second kappa shape index (κ2) is 7.44. The van der Waals surface area contributed by atoms with Gasteiger partial charge in [0.25, 0.3) is 0 Å². The highest BCUT2D eigenvalue weighted by Gasteiger charge is 2.44. The molecule has 0 bridgehead atoms. The van der Waals surface area contributed by atoms with Crippen LogP contribution in [0.4, 0.5) is 0 Å². The molecule has 1 aromatic carbocycles. The summed E-state index contributed by atoms with van der Waals surface area (Å²) >= 11 is 0. The Labute approximate surface area is 166 Å². The van der Waals surface area contributed by atoms with Gasteiger partial charge in [-0.2, -0.15) is 4.31 Å². The van der Waals surface area contributed by atoms with Crippen molar-refractivity contribution >= 4 is 21.6 Å². The average molecular weight is 403 g/mol. The zero-order chi connectivity index (χ0) is 19.9. The van der Waals surface area contributed by atoms with Gasteiger partial charge in [-0.1, -0.05) is 31.2 Å². The van der Waals surface area contributed by atoms with Crippen molar-refractivity contribution in [2.24, 2.45) is 5.92 Å². The molecule has 150 valence electrons. The summed E-state index contributed by atoms with van der Waals surface area (Å²) in [6, 6.07) is 6.55. The van der Waals surface area contributed by atoms with Gasteiger partial charge in [0.2, 0.25) is 21.6 Å². The molecule has 2 fully saturated rings. The van der Waals surface area contributed by atoms with Crippen LogP contribution < -0.4 is 0 Å². The predicted octanol–water partition coefficient (Wildman–Crippen LogP) is 2.82. The molecular weight excluding hydrogens is 376 g/mol. The minimum Gasteiger partial charge on any atom is -0.367 e. The maximum Gasteiger partial charge on any atom is 0.249 e. The number of nitrogens with zero attached hydrogens (tertiary/aromatic N) is 2.